The first-order valence-corrected chi connectivity index (χ1v) is 6.17. The number of halogens is 1. The second-order valence-electron chi connectivity index (χ2n) is 4.38. The second-order valence-corrected chi connectivity index (χ2v) is 4.79. The average Bonchev–Trinajstić information content (AvgIpc) is 2.38. The van der Waals surface area contributed by atoms with Gasteiger partial charge >= 0.3 is 5.97 Å². The highest BCUT2D eigenvalue weighted by Crippen LogP contribution is 2.27. The van der Waals surface area contributed by atoms with Crippen LogP contribution >= 0.6 is 11.6 Å². The van der Waals surface area contributed by atoms with Crippen molar-refractivity contribution in [2.45, 2.75) is 12.8 Å². The summed E-state index contributed by atoms with van der Waals surface area (Å²) < 4.78 is 0. The number of rotatable bonds is 2. The highest BCUT2D eigenvalue weighted by Gasteiger charge is 2.20. The van der Waals surface area contributed by atoms with Gasteiger partial charge in [0.2, 0.25) is 0 Å². The van der Waals surface area contributed by atoms with Crippen LogP contribution in [0.3, 0.4) is 0 Å². The van der Waals surface area contributed by atoms with Crippen LogP contribution in [-0.4, -0.2) is 24.2 Å². The third kappa shape index (κ3) is 2.57. The molecular weight excluding hydrogens is 252 g/mol. The molecule has 0 aliphatic carbocycles. The summed E-state index contributed by atoms with van der Waals surface area (Å²) in [5, 5.41) is 18.1. The Hall–Kier alpha value is -1.73. The number of nitriles is 1. The first kappa shape index (κ1) is 12.7. The average molecular weight is 265 g/mol. The van der Waals surface area contributed by atoms with E-state index in [1.54, 1.807) is 12.1 Å². The monoisotopic (exact) mass is 264 g/mol. The zero-order chi connectivity index (χ0) is 13.1. The van der Waals surface area contributed by atoms with Crippen LogP contribution in [0.5, 0.6) is 0 Å². The molecule has 94 valence electrons. The zero-order valence-corrected chi connectivity index (χ0v) is 10.5. The van der Waals surface area contributed by atoms with Crippen LogP contribution in [0.2, 0.25) is 5.02 Å². The summed E-state index contributed by atoms with van der Waals surface area (Å²) in [7, 11) is 0. The molecule has 5 heteroatoms. The van der Waals surface area contributed by atoms with E-state index in [0.29, 0.717) is 6.54 Å². The normalized spacial score (nSPS) is 19.3. The Morgan fingerprint density at radius 2 is 2.33 bits per heavy atom. The first-order chi connectivity index (χ1) is 8.61. The number of hydrogen-bond acceptors (Lipinski definition) is 3. The lowest BCUT2D eigenvalue weighted by Gasteiger charge is -2.31. The third-order valence-electron chi connectivity index (χ3n) is 3.15. The van der Waals surface area contributed by atoms with Gasteiger partial charge < -0.3 is 10.0 Å². The fraction of sp³-hybridized carbons (Fsp3) is 0.385. The Bertz CT molecular complexity index is 510. The number of anilines is 1. The molecule has 18 heavy (non-hydrogen) atoms. The zero-order valence-electron chi connectivity index (χ0n) is 9.77. The molecule has 2 rings (SSSR count). The van der Waals surface area contributed by atoms with Crippen LogP contribution < -0.4 is 4.90 Å². The van der Waals surface area contributed by atoms with E-state index in [1.807, 2.05) is 0 Å². The molecule has 0 saturated carbocycles. The second kappa shape index (κ2) is 5.28. The maximum Gasteiger partial charge on any atom is 0.337 e. The molecule has 0 spiro atoms. The quantitative estimate of drug-likeness (QED) is 0.892. The largest absolute Gasteiger partial charge is 0.478 e. The van der Waals surface area contributed by atoms with Crippen LogP contribution in [-0.2, 0) is 0 Å². The van der Waals surface area contributed by atoms with Gasteiger partial charge in [0, 0.05) is 18.8 Å². The fourth-order valence-corrected chi connectivity index (χ4v) is 2.45. The lowest BCUT2D eigenvalue weighted by atomic mass is 9.99. The molecule has 0 amide bonds. The summed E-state index contributed by atoms with van der Waals surface area (Å²) in [4.78, 5) is 12.9. The van der Waals surface area contributed by atoms with Gasteiger partial charge in [0.1, 0.15) is 0 Å². The van der Waals surface area contributed by atoms with Crippen molar-refractivity contribution in [3.8, 4) is 6.07 Å². The molecule has 0 unspecified atom stereocenters. The fourth-order valence-electron chi connectivity index (χ4n) is 2.19. The van der Waals surface area contributed by atoms with Crippen LogP contribution in [0.25, 0.3) is 0 Å². The highest BCUT2D eigenvalue weighted by molar-refractivity contribution is 6.33. The van der Waals surface area contributed by atoms with Crippen molar-refractivity contribution in [2.75, 3.05) is 18.0 Å². The van der Waals surface area contributed by atoms with E-state index in [-0.39, 0.29) is 16.5 Å². The number of carboxylic acids is 1. The van der Waals surface area contributed by atoms with Crippen molar-refractivity contribution in [3.63, 3.8) is 0 Å². The Balaban J connectivity index is 2.21. The standard InChI is InChI=1S/C13H13ClN2O2/c14-12-6-10(3-4-11(12)13(17)18)16-5-1-2-9(7-15)8-16/h3-4,6,9H,1-2,5,8H2,(H,17,18)/t9-/m1/s1. The third-order valence-corrected chi connectivity index (χ3v) is 3.46. The summed E-state index contributed by atoms with van der Waals surface area (Å²) in [6, 6.07) is 7.19. The van der Waals surface area contributed by atoms with E-state index < -0.39 is 5.97 Å². The Labute approximate surface area is 110 Å². The molecule has 1 N–H and O–H groups in total. The van der Waals surface area contributed by atoms with Gasteiger partial charge in [0.25, 0.3) is 0 Å². The number of piperidine rings is 1. The molecule has 1 aromatic rings. The number of carboxylic acid groups (broad SMARTS) is 1. The highest BCUT2D eigenvalue weighted by atomic mass is 35.5. The molecule has 1 aliphatic rings. The van der Waals surface area contributed by atoms with Gasteiger partial charge in [-0.25, -0.2) is 4.79 Å². The SMILES string of the molecule is N#C[C@H]1CCCN(c2ccc(C(=O)O)c(Cl)c2)C1. The predicted molar refractivity (Wildman–Crippen MR) is 69.0 cm³/mol. The summed E-state index contributed by atoms with van der Waals surface area (Å²) in [5.74, 6) is -0.989. The van der Waals surface area contributed by atoms with Gasteiger partial charge in [-0.15, -0.1) is 0 Å². The molecule has 4 nitrogen and oxygen atoms in total. The predicted octanol–water partition coefficient (Wildman–Crippen LogP) is 2.78. The van der Waals surface area contributed by atoms with Gasteiger partial charge in [-0.2, -0.15) is 5.26 Å². The molecule has 1 saturated heterocycles. The molecule has 1 aliphatic heterocycles. The van der Waals surface area contributed by atoms with E-state index in [9.17, 15) is 4.79 Å². The smallest absolute Gasteiger partial charge is 0.337 e. The van der Waals surface area contributed by atoms with Gasteiger partial charge in [0.15, 0.2) is 0 Å². The molecular formula is C13H13ClN2O2. The lowest BCUT2D eigenvalue weighted by molar-refractivity contribution is 0.0697. The number of carbonyl (C=O) groups is 1. The van der Waals surface area contributed by atoms with Crippen molar-refractivity contribution < 1.29 is 9.90 Å². The van der Waals surface area contributed by atoms with Gasteiger partial charge in [-0.05, 0) is 31.0 Å². The van der Waals surface area contributed by atoms with Crippen LogP contribution in [0, 0.1) is 17.2 Å². The topological polar surface area (TPSA) is 64.3 Å². The molecule has 1 atom stereocenters. The molecule has 1 heterocycles. The van der Waals surface area contributed by atoms with Gasteiger partial charge in [0.05, 0.1) is 22.6 Å². The minimum absolute atomic E-state index is 0.0386. The van der Waals surface area contributed by atoms with E-state index in [0.717, 1.165) is 25.1 Å². The maximum atomic E-state index is 10.9. The molecule has 0 aromatic heterocycles. The Morgan fingerprint density at radius 3 is 2.94 bits per heavy atom. The van der Waals surface area contributed by atoms with Crippen molar-refractivity contribution in [3.05, 3.63) is 28.8 Å². The number of nitrogens with zero attached hydrogens (tertiary/aromatic N) is 2. The minimum atomic E-state index is -1.03. The number of hydrogen-bond donors (Lipinski definition) is 1. The molecule has 1 aromatic carbocycles. The maximum absolute atomic E-state index is 10.9. The van der Waals surface area contributed by atoms with E-state index in [2.05, 4.69) is 11.0 Å². The summed E-state index contributed by atoms with van der Waals surface area (Å²) in [5.41, 5.74) is 0.985. The lowest BCUT2D eigenvalue weighted by Crippen LogP contribution is -2.34. The van der Waals surface area contributed by atoms with Crippen molar-refractivity contribution in [1.82, 2.24) is 0 Å². The molecule has 0 bridgehead atoms. The van der Waals surface area contributed by atoms with Gasteiger partial charge in [-0.3, -0.25) is 0 Å². The van der Waals surface area contributed by atoms with Crippen molar-refractivity contribution in [1.29, 1.82) is 5.26 Å². The van der Waals surface area contributed by atoms with Crippen LogP contribution in [0.15, 0.2) is 18.2 Å². The molecule has 1 fully saturated rings. The number of benzene rings is 1. The summed E-state index contributed by atoms with van der Waals surface area (Å²) in [6.07, 6.45) is 1.89. The van der Waals surface area contributed by atoms with E-state index in [4.69, 9.17) is 22.0 Å². The Kier molecular flexibility index (Phi) is 3.73. The minimum Gasteiger partial charge on any atom is -0.478 e. The summed E-state index contributed by atoms with van der Waals surface area (Å²) >= 11 is 5.94. The van der Waals surface area contributed by atoms with Crippen LogP contribution in [0.4, 0.5) is 5.69 Å². The Morgan fingerprint density at radius 1 is 1.56 bits per heavy atom. The van der Waals surface area contributed by atoms with E-state index >= 15 is 0 Å². The van der Waals surface area contributed by atoms with Gasteiger partial charge in [-0.1, -0.05) is 11.6 Å². The van der Waals surface area contributed by atoms with Crippen molar-refractivity contribution >= 4 is 23.3 Å². The molecule has 0 radical (unpaired) electrons. The summed E-state index contributed by atoms with van der Waals surface area (Å²) in [6.45, 7) is 1.56. The van der Waals surface area contributed by atoms with E-state index in [1.165, 1.54) is 6.07 Å². The van der Waals surface area contributed by atoms with Crippen LogP contribution in [0.1, 0.15) is 23.2 Å². The van der Waals surface area contributed by atoms with Crippen molar-refractivity contribution in [2.24, 2.45) is 5.92 Å². The first-order valence-electron chi connectivity index (χ1n) is 5.79. The number of aromatic carboxylic acids is 1.